The fourth-order valence-electron chi connectivity index (χ4n) is 3.38. The van der Waals surface area contributed by atoms with Crippen LogP contribution in [0.15, 0.2) is 77.7 Å². The van der Waals surface area contributed by atoms with Crippen molar-refractivity contribution in [3.05, 3.63) is 89.5 Å². The molecule has 0 saturated heterocycles. The third-order valence-corrected chi connectivity index (χ3v) is 12.0. The summed E-state index contributed by atoms with van der Waals surface area (Å²) in [5.74, 6) is 0. The van der Waals surface area contributed by atoms with Crippen molar-refractivity contribution >= 4 is 26.4 Å². The first-order valence-electron chi connectivity index (χ1n) is 8.33. The largest absolute Gasteiger partial charge is 0.296 e. The molecule has 0 bridgehead atoms. The topological polar surface area (TPSA) is 51.2 Å². The van der Waals surface area contributed by atoms with Crippen LogP contribution in [-0.2, 0) is 14.0 Å². The summed E-state index contributed by atoms with van der Waals surface area (Å²) < 4.78 is 41.7. The number of hydrogen-bond donors (Lipinski definition) is 0. The van der Waals surface area contributed by atoms with Crippen LogP contribution in [0.1, 0.15) is 16.7 Å². The molecule has 3 aromatic rings. The average molecular weight is 384 g/mol. The van der Waals surface area contributed by atoms with Crippen LogP contribution in [0.4, 0.5) is 0 Å². The quantitative estimate of drug-likeness (QED) is 0.630. The van der Waals surface area contributed by atoms with E-state index in [0.717, 1.165) is 5.56 Å². The Kier molecular flexibility index (Phi) is 4.92. The van der Waals surface area contributed by atoms with E-state index in [2.05, 4.69) is 0 Å². The average Bonchev–Trinajstić information content (AvgIpc) is 2.61. The van der Waals surface area contributed by atoms with Gasteiger partial charge in [-0.3, -0.25) is 4.57 Å². The summed E-state index contributed by atoms with van der Waals surface area (Å²) in [6, 6.07) is 20.6. The molecular formula is C21H21O3PS. The third kappa shape index (κ3) is 2.94. The van der Waals surface area contributed by atoms with Crippen molar-refractivity contribution in [3.8, 4) is 0 Å². The molecule has 5 heteroatoms. The molecule has 134 valence electrons. The molecule has 26 heavy (non-hydrogen) atoms. The predicted molar refractivity (Wildman–Crippen MR) is 108 cm³/mol. The first kappa shape index (κ1) is 18.6. The maximum Gasteiger partial charge on any atom is 0.256 e. The van der Waals surface area contributed by atoms with E-state index in [1.165, 1.54) is 0 Å². The fourth-order valence-corrected chi connectivity index (χ4v) is 10.6. The number of rotatable bonds is 4. The van der Waals surface area contributed by atoms with Crippen LogP contribution in [-0.4, -0.2) is 8.42 Å². The standard InChI is InChI=1S/C21H21O3PS/c1-16-14-17(2)21(18(3)15-16)26(23,24)25(22,19-10-6-4-7-11-19)20-12-8-5-9-13-20/h4-15H,1-3H3. The normalized spacial score (nSPS) is 12.1. The van der Waals surface area contributed by atoms with Gasteiger partial charge in [-0.05, 0) is 31.9 Å². The lowest BCUT2D eigenvalue weighted by atomic mass is 10.1. The Labute approximate surface area is 154 Å². The van der Waals surface area contributed by atoms with Crippen molar-refractivity contribution in [1.29, 1.82) is 0 Å². The number of aryl methyl sites for hydroxylation is 3. The van der Waals surface area contributed by atoms with Crippen LogP contribution in [0.3, 0.4) is 0 Å². The lowest BCUT2D eigenvalue weighted by molar-refractivity contribution is 0.579. The van der Waals surface area contributed by atoms with Crippen LogP contribution in [0.5, 0.6) is 0 Å². The van der Waals surface area contributed by atoms with Gasteiger partial charge in [-0.25, -0.2) is 8.42 Å². The Bertz CT molecular complexity index is 1020. The molecule has 0 atom stereocenters. The molecule has 0 aromatic heterocycles. The van der Waals surface area contributed by atoms with Gasteiger partial charge in [0.05, 0.1) is 4.90 Å². The van der Waals surface area contributed by atoms with E-state index < -0.39 is 15.8 Å². The molecule has 0 N–H and O–H groups in total. The zero-order valence-corrected chi connectivity index (χ0v) is 16.7. The van der Waals surface area contributed by atoms with Crippen molar-refractivity contribution < 1.29 is 13.0 Å². The maximum atomic E-state index is 14.2. The summed E-state index contributed by atoms with van der Waals surface area (Å²) in [7, 11) is -4.13. The molecule has 3 nitrogen and oxygen atoms in total. The van der Waals surface area contributed by atoms with Gasteiger partial charge in [-0.2, -0.15) is 0 Å². The van der Waals surface area contributed by atoms with Crippen molar-refractivity contribution in [1.82, 2.24) is 0 Å². The molecule has 0 amide bonds. The van der Waals surface area contributed by atoms with E-state index in [4.69, 9.17) is 0 Å². The molecule has 3 rings (SSSR count). The van der Waals surface area contributed by atoms with E-state index in [1.807, 2.05) is 19.1 Å². The zero-order valence-electron chi connectivity index (χ0n) is 15.0. The highest BCUT2D eigenvalue weighted by Gasteiger charge is 2.44. The lowest BCUT2D eigenvalue weighted by Crippen LogP contribution is -2.24. The summed E-state index contributed by atoms with van der Waals surface area (Å²) in [6.07, 6.45) is -3.95. The summed E-state index contributed by atoms with van der Waals surface area (Å²) in [5, 5.41) is 0.649. The lowest BCUT2D eigenvalue weighted by Gasteiger charge is -2.22. The highest BCUT2D eigenvalue weighted by molar-refractivity contribution is 8.57. The van der Waals surface area contributed by atoms with Gasteiger partial charge in [-0.1, -0.05) is 78.4 Å². The second-order valence-electron chi connectivity index (χ2n) is 6.43. The highest BCUT2D eigenvalue weighted by Crippen LogP contribution is 2.54. The molecule has 0 unspecified atom stereocenters. The number of benzene rings is 3. The molecule has 0 heterocycles. The van der Waals surface area contributed by atoms with Gasteiger partial charge in [0.25, 0.3) is 6.34 Å². The molecule has 0 spiro atoms. The Balaban J connectivity index is 2.39. The van der Waals surface area contributed by atoms with E-state index in [9.17, 15) is 13.0 Å². The van der Waals surface area contributed by atoms with Crippen molar-refractivity contribution in [2.45, 2.75) is 25.7 Å². The SMILES string of the molecule is Cc1cc(C)c(S(=O)(=O)P(=O)(c2ccccc2)c2ccccc2)c(C)c1. The second-order valence-corrected chi connectivity index (χ2v) is 12.9. The minimum Gasteiger partial charge on any atom is -0.296 e. The van der Waals surface area contributed by atoms with Gasteiger partial charge >= 0.3 is 0 Å². The van der Waals surface area contributed by atoms with E-state index in [-0.39, 0.29) is 4.90 Å². The molecular weight excluding hydrogens is 363 g/mol. The Hall–Kier alpha value is -2.16. The van der Waals surface area contributed by atoms with Crippen LogP contribution >= 0.6 is 6.34 Å². The highest BCUT2D eigenvalue weighted by atomic mass is 32.8. The second kappa shape index (κ2) is 6.86. The smallest absolute Gasteiger partial charge is 0.256 e. The molecule has 0 aliphatic carbocycles. The van der Waals surface area contributed by atoms with E-state index >= 15 is 0 Å². The summed E-state index contributed by atoms with van der Waals surface area (Å²) in [4.78, 5) is 0.166. The van der Waals surface area contributed by atoms with Gasteiger partial charge < -0.3 is 0 Å². The molecule has 0 radical (unpaired) electrons. The molecule has 0 fully saturated rings. The van der Waals surface area contributed by atoms with Crippen LogP contribution in [0.25, 0.3) is 0 Å². The van der Waals surface area contributed by atoms with Crippen molar-refractivity contribution in [3.63, 3.8) is 0 Å². The summed E-state index contributed by atoms with van der Waals surface area (Å²) in [5.41, 5.74) is 2.22. The molecule has 0 saturated carbocycles. The zero-order chi connectivity index (χ0) is 18.9. The van der Waals surface area contributed by atoms with E-state index in [0.29, 0.717) is 21.7 Å². The van der Waals surface area contributed by atoms with Crippen molar-refractivity contribution in [2.75, 3.05) is 0 Å². The Morgan fingerprint density at radius 3 is 1.46 bits per heavy atom. The minimum atomic E-state index is -4.13. The van der Waals surface area contributed by atoms with Gasteiger partial charge in [0.1, 0.15) is 0 Å². The fraction of sp³-hybridized carbons (Fsp3) is 0.143. The van der Waals surface area contributed by atoms with Gasteiger partial charge in [-0.15, -0.1) is 0 Å². The van der Waals surface area contributed by atoms with Crippen LogP contribution in [0.2, 0.25) is 0 Å². The predicted octanol–water partition coefficient (Wildman–Crippen LogP) is 4.31. The van der Waals surface area contributed by atoms with Crippen molar-refractivity contribution in [2.24, 2.45) is 0 Å². The third-order valence-electron chi connectivity index (χ3n) is 4.39. The Morgan fingerprint density at radius 1 is 0.692 bits per heavy atom. The molecule has 3 aromatic carbocycles. The first-order chi connectivity index (χ1) is 12.3. The summed E-state index contributed by atoms with van der Waals surface area (Å²) >= 11 is 0. The van der Waals surface area contributed by atoms with E-state index in [1.54, 1.807) is 74.5 Å². The van der Waals surface area contributed by atoms with Crippen LogP contribution < -0.4 is 10.6 Å². The minimum absolute atomic E-state index is 0.166. The van der Waals surface area contributed by atoms with Gasteiger partial charge in [0.2, 0.25) is 9.46 Å². The van der Waals surface area contributed by atoms with Crippen LogP contribution in [0, 0.1) is 20.8 Å². The maximum absolute atomic E-state index is 14.2. The Morgan fingerprint density at radius 2 is 1.08 bits per heavy atom. The summed E-state index contributed by atoms with van der Waals surface area (Å²) in [6.45, 7) is 5.44. The monoisotopic (exact) mass is 384 g/mol. The molecule has 0 aliphatic heterocycles. The molecule has 0 aliphatic rings. The first-order valence-corrected chi connectivity index (χ1v) is 12.1. The van der Waals surface area contributed by atoms with Gasteiger partial charge in [0, 0.05) is 10.6 Å². The number of hydrogen-bond acceptors (Lipinski definition) is 3. The van der Waals surface area contributed by atoms with Gasteiger partial charge in [0.15, 0.2) is 0 Å².